The summed E-state index contributed by atoms with van der Waals surface area (Å²) in [5, 5.41) is 21.6. The summed E-state index contributed by atoms with van der Waals surface area (Å²) < 4.78 is 0. The van der Waals surface area contributed by atoms with Crippen molar-refractivity contribution in [3.8, 4) is 0 Å². The Morgan fingerprint density at radius 1 is 0.862 bits per heavy atom. The summed E-state index contributed by atoms with van der Waals surface area (Å²) in [4.78, 5) is 0. The van der Waals surface area contributed by atoms with E-state index in [1.807, 2.05) is 0 Å². The van der Waals surface area contributed by atoms with Crippen molar-refractivity contribution in [3.63, 3.8) is 0 Å². The molecule has 168 valence electrons. The number of hydrogen-bond donors (Lipinski definition) is 2. The predicted octanol–water partition coefficient (Wildman–Crippen LogP) is 6.44. The van der Waals surface area contributed by atoms with Gasteiger partial charge in [0, 0.05) is 0 Å². The molecule has 0 spiro atoms. The van der Waals surface area contributed by atoms with Crippen LogP contribution in [0.15, 0.2) is 0 Å². The monoisotopic (exact) mass is 404 g/mol. The van der Waals surface area contributed by atoms with Gasteiger partial charge in [0.15, 0.2) is 0 Å². The first-order chi connectivity index (χ1) is 13.7. The molecule has 0 aromatic heterocycles. The van der Waals surface area contributed by atoms with Crippen LogP contribution in [0, 0.1) is 52.3 Å². The van der Waals surface area contributed by atoms with Gasteiger partial charge in [-0.2, -0.15) is 0 Å². The fourth-order valence-corrected chi connectivity index (χ4v) is 9.28. The highest BCUT2D eigenvalue weighted by atomic mass is 16.3. The number of aliphatic hydroxyl groups excluding tert-OH is 2. The zero-order valence-electron chi connectivity index (χ0n) is 19.9. The first-order valence-corrected chi connectivity index (χ1v) is 13.0. The largest absolute Gasteiger partial charge is 0.393 e. The summed E-state index contributed by atoms with van der Waals surface area (Å²) in [6.45, 7) is 12.3. The van der Waals surface area contributed by atoms with Crippen LogP contribution in [-0.4, -0.2) is 22.4 Å². The van der Waals surface area contributed by atoms with E-state index in [1.54, 1.807) is 0 Å². The van der Waals surface area contributed by atoms with Gasteiger partial charge in [-0.25, -0.2) is 0 Å². The van der Waals surface area contributed by atoms with E-state index in [2.05, 4.69) is 34.6 Å². The highest BCUT2D eigenvalue weighted by Crippen LogP contribution is 2.68. The second-order valence-corrected chi connectivity index (χ2v) is 12.8. The number of aliphatic hydroxyl groups is 2. The molecule has 0 unspecified atom stereocenters. The van der Waals surface area contributed by atoms with Crippen LogP contribution in [0.1, 0.15) is 105 Å². The lowest BCUT2D eigenvalue weighted by Gasteiger charge is -2.61. The van der Waals surface area contributed by atoms with Gasteiger partial charge in [-0.1, -0.05) is 53.9 Å². The third-order valence-electron chi connectivity index (χ3n) is 10.8. The van der Waals surface area contributed by atoms with Crippen LogP contribution in [-0.2, 0) is 0 Å². The third kappa shape index (κ3) is 3.73. The van der Waals surface area contributed by atoms with Gasteiger partial charge in [0.25, 0.3) is 0 Å². The van der Waals surface area contributed by atoms with E-state index in [-0.39, 0.29) is 12.2 Å². The smallest absolute Gasteiger partial charge is 0.0579 e. The Balaban J connectivity index is 1.51. The second kappa shape index (κ2) is 8.12. The van der Waals surface area contributed by atoms with Crippen LogP contribution >= 0.6 is 0 Å². The summed E-state index contributed by atoms with van der Waals surface area (Å²) in [5.74, 6) is 4.97. The molecule has 10 atom stereocenters. The van der Waals surface area contributed by atoms with Crippen molar-refractivity contribution >= 4 is 0 Å². The van der Waals surface area contributed by atoms with Crippen LogP contribution in [0.5, 0.6) is 0 Å². The average Bonchev–Trinajstić information content (AvgIpc) is 2.93. The standard InChI is InChI=1S/C27H48O2/c1-17(2)7-6-8-18(3)23-16-24(29)25-21-10-9-19-15-20(28)11-13-26(19,4)22(21)12-14-27(23,25)5/h17-25,28-29H,6-16H2,1-5H3/t18-,19+,20+,21-,22+,23-,24+,25-,26+,27-/m1/s1. The van der Waals surface area contributed by atoms with Gasteiger partial charge in [-0.05, 0) is 104 Å². The normalized spacial score (nSPS) is 50.7. The number of rotatable bonds is 5. The lowest BCUT2D eigenvalue weighted by Crippen LogP contribution is -2.55. The Labute approximate surface area is 180 Å². The third-order valence-corrected chi connectivity index (χ3v) is 10.8. The molecule has 4 saturated carbocycles. The first-order valence-electron chi connectivity index (χ1n) is 13.0. The molecule has 2 nitrogen and oxygen atoms in total. The van der Waals surface area contributed by atoms with Crippen molar-refractivity contribution in [2.24, 2.45) is 52.3 Å². The van der Waals surface area contributed by atoms with Gasteiger partial charge >= 0.3 is 0 Å². The fourth-order valence-electron chi connectivity index (χ4n) is 9.28. The average molecular weight is 405 g/mol. The number of fused-ring (bicyclic) bond motifs is 5. The van der Waals surface area contributed by atoms with Crippen molar-refractivity contribution in [3.05, 3.63) is 0 Å². The van der Waals surface area contributed by atoms with E-state index in [0.717, 1.165) is 37.0 Å². The molecule has 0 aliphatic heterocycles. The van der Waals surface area contributed by atoms with Crippen LogP contribution in [0.25, 0.3) is 0 Å². The van der Waals surface area contributed by atoms with Crippen LogP contribution < -0.4 is 0 Å². The molecule has 0 radical (unpaired) electrons. The zero-order chi connectivity index (χ0) is 21.0. The van der Waals surface area contributed by atoms with Gasteiger partial charge in [-0.15, -0.1) is 0 Å². The summed E-state index contributed by atoms with van der Waals surface area (Å²) >= 11 is 0. The lowest BCUT2D eigenvalue weighted by molar-refractivity contribution is -0.142. The lowest BCUT2D eigenvalue weighted by atomic mass is 9.44. The van der Waals surface area contributed by atoms with Gasteiger partial charge in [-0.3, -0.25) is 0 Å². The topological polar surface area (TPSA) is 40.5 Å². The van der Waals surface area contributed by atoms with E-state index in [4.69, 9.17) is 0 Å². The van der Waals surface area contributed by atoms with Crippen molar-refractivity contribution < 1.29 is 10.2 Å². The molecule has 2 N–H and O–H groups in total. The van der Waals surface area contributed by atoms with Crippen molar-refractivity contribution in [1.29, 1.82) is 0 Å². The molecule has 0 amide bonds. The molecule has 0 heterocycles. The maximum Gasteiger partial charge on any atom is 0.0579 e. The molecule has 0 saturated heterocycles. The Bertz CT molecular complexity index is 573. The molecule has 2 heteroatoms. The molecule has 0 aromatic rings. The minimum absolute atomic E-state index is 0.0633. The molecular weight excluding hydrogens is 356 g/mol. The van der Waals surface area contributed by atoms with E-state index < -0.39 is 0 Å². The van der Waals surface area contributed by atoms with Gasteiger partial charge in [0.05, 0.1) is 12.2 Å². The van der Waals surface area contributed by atoms with Crippen LogP contribution in [0.2, 0.25) is 0 Å². The Morgan fingerprint density at radius 2 is 1.59 bits per heavy atom. The van der Waals surface area contributed by atoms with Gasteiger partial charge < -0.3 is 10.2 Å². The molecule has 4 fully saturated rings. The summed E-state index contributed by atoms with van der Waals surface area (Å²) in [6, 6.07) is 0. The Hall–Kier alpha value is -0.0800. The van der Waals surface area contributed by atoms with Gasteiger partial charge in [0.1, 0.15) is 0 Å². The SMILES string of the molecule is CC(C)CCC[C@@H](C)[C@H]1C[C@H](O)[C@H]2[C@@H]3CC[C@H]4C[C@@H](O)CC[C@]4(C)[C@H]3CC[C@@]21C. The molecule has 4 aliphatic rings. The van der Waals surface area contributed by atoms with Crippen molar-refractivity contribution in [2.75, 3.05) is 0 Å². The molecule has 0 aromatic carbocycles. The van der Waals surface area contributed by atoms with E-state index in [1.165, 1.54) is 51.4 Å². The molecule has 4 aliphatic carbocycles. The van der Waals surface area contributed by atoms with Crippen molar-refractivity contribution in [2.45, 2.75) is 117 Å². The fraction of sp³-hybridized carbons (Fsp3) is 1.00. The molecule has 4 rings (SSSR count). The minimum Gasteiger partial charge on any atom is -0.393 e. The number of hydrogen-bond acceptors (Lipinski definition) is 2. The highest BCUT2D eigenvalue weighted by Gasteiger charge is 2.63. The molecule has 29 heavy (non-hydrogen) atoms. The van der Waals surface area contributed by atoms with Gasteiger partial charge in [0.2, 0.25) is 0 Å². The second-order valence-electron chi connectivity index (χ2n) is 12.8. The molecular formula is C27H48O2. The highest BCUT2D eigenvalue weighted by molar-refractivity contribution is 5.12. The van der Waals surface area contributed by atoms with E-state index >= 15 is 0 Å². The Kier molecular flexibility index (Phi) is 6.19. The van der Waals surface area contributed by atoms with Crippen LogP contribution in [0.3, 0.4) is 0 Å². The molecule has 0 bridgehead atoms. The zero-order valence-corrected chi connectivity index (χ0v) is 19.9. The minimum atomic E-state index is -0.0836. The Morgan fingerprint density at radius 3 is 2.31 bits per heavy atom. The van der Waals surface area contributed by atoms with Crippen LogP contribution in [0.4, 0.5) is 0 Å². The predicted molar refractivity (Wildman–Crippen MR) is 120 cm³/mol. The maximum absolute atomic E-state index is 11.3. The van der Waals surface area contributed by atoms with E-state index in [9.17, 15) is 10.2 Å². The quantitative estimate of drug-likeness (QED) is 0.553. The van der Waals surface area contributed by atoms with Crippen molar-refractivity contribution in [1.82, 2.24) is 0 Å². The maximum atomic E-state index is 11.3. The summed E-state index contributed by atoms with van der Waals surface area (Å²) in [5.41, 5.74) is 0.749. The van der Waals surface area contributed by atoms with E-state index in [0.29, 0.717) is 34.5 Å². The first kappa shape index (κ1) is 22.1. The summed E-state index contributed by atoms with van der Waals surface area (Å²) in [7, 11) is 0. The summed E-state index contributed by atoms with van der Waals surface area (Å²) in [6.07, 6.45) is 13.4.